The van der Waals surface area contributed by atoms with Gasteiger partial charge in [0, 0.05) is 19.6 Å². The van der Waals surface area contributed by atoms with E-state index in [1.54, 1.807) is 6.07 Å². The van der Waals surface area contributed by atoms with E-state index in [-0.39, 0.29) is 17.9 Å². The molecule has 14 bridgehead atoms. The Hall–Kier alpha value is -5.37. The third-order valence-corrected chi connectivity index (χ3v) is 21.5. The van der Waals surface area contributed by atoms with E-state index < -0.39 is 309 Å². The van der Waals surface area contributed by atoms with Crippen molar-refractivity contribution in [3.05, 3.63) is 89.5 Å². The summed E-state index contributed by atoms with van der Waals surface area (Å²) in [6.07, 6.45) is -73.0. The highest BCUT2D eigenvalue weighted by Gasteiger charge is 2.60. The van der Waals surface area contributed by atoms with Crippen LogP contribution in [0.15, 0.2) is 72.8 Å². The van der Waals surface area contributed by atoms with Gasteiger partial charge in [-0.05, 0) is 52.4 Å². The fourth-order valence-corrected chi connectivity index (χ4v) is 14.9. The van der Waals surface area contributed by atoms with E-state index in [1.165, 1.54) is 28.5 Å². The fraction of sp³-hybridized carbons (Fsp3) is 0.708. The lowest BCUT2D eigenvalue weighted by atomic mass is 9.95. The van der Waals surface area contributed by atoms with E-state index in [0.717, 1.165) is 44.1 Å². The van der Waals surface area contributed by atoms with Crippen LogP contribution >= 0.6 is 12.4 Å². The van der Waals surface area contributed by atoms with Crippen LogP contribution in [0.1, 0.15) is 36.0 Å². The predicted molar refractivity (Wildman–Crippen MR) is 385 cm³/mol. The Morgan fingerprint density at radius 2 is 0.675 bits per heavy atom. The Balaban J connectivity index is 0.000000339. The molecule has 44 nitrogen and oxygen atoms in total. The number of carbonyl (C=O) groups is 3. The summed E-state index contributed by atoms with van der Waals surface area (Å²) in [5.74, 6) is -5.02. The molecule has 0 spiro atoms. The number of aliphatic carboxylic acids is 3. The second-order valence-electron chi connectivity index (χ2n) is 29.4. The van der Waals surface area contributed by atoms with Crippen molar-refractivity contribution in [1.82, 2.24) is 4.90 Å². The molecular formula is C72H103ClF3NO43. The topological polar surface area (TPSA) is 721 Å². The lowest BCUT2D eigenvalue weighted by molar-refractivity contribution is -0.396. The highest BCUT2D eigenvalue weighted by Crippen LogP contribution is 2.40. The van der Waals surface area contributed by atoms with Gasteiger partial charge in [-0.2, -0.15) is 13.2 Å². The van der Waals surface area contributed by atoms with Crippen LogP contribution in [0.3, 0.4) is 0 Å². The van der Waals surface area contributed by atoms with Crippen molar-refractivity contribution in [2.45, 2.75) is 252 Å². The molecule has 22 aliphatic rings. The lowest BCUT2D eigenvalue weighted by Crippen LogP contribution is -2.68. The molecule has 120 heavy (non-hydrogen) atoms. The van der Waals surface area contributed by atoms with E-state index in [9.17, 15) is 135 Å². The minimum absolute atomic E-state index is 0. The molecule has 21 saturated heterocycles. The van der Waals surface area contributed by atoms with Gasteiger partial charge in [-0.3, -0.25) is 14.5 Å². The summed E-state index contributed by atoms with van der Waals surface area (Å²) >= 11 is 0. The van der Waals surface area contributed by atoms with Gasteiger partial charge in [-0.15, -0.1) is 12.4 Å². The molecule has 21 fully saturated rings. The number of fused-ring (bicyclic) bond motifs is 1. The van der Waals surface area contributed by atoms with Gasteiger partial charge in [0.1, 0.15) is 171 Å². The standard InChI is InChI=1S/C42H70O35.C24H22F3N.C6H8O7.ClH.H2O/c43-1-8-29-15(50)22(57)36(64-8)72-30-9(2-44)66-38(24(59)17(30)52)74-32-11(4-46)68-40(26(61)19(32)54)76-34-13(6-48)70-42(28(63)21(34)56)77-35-14(7-49)69-41(27(62)20(35)55)75-33-12(5-47)67-39(25(60)18(33)53)73-31-10(3-45)65-37(71-29)23(58)16(31)51;25-24(26,27)23-7-3-6-22(17-23)20-11-14-28(15-12-20)13-10-18-8-9-19-4-1-2-5-21(19)16-18;7-3(8)1-6(13,5(11)12)2-4(9)10;;/h8-63H,1-7H2;1-9,11,16-17H,10,12-15H2;13H,1-2H2,(H,7,8)(H,9,10)(H,11,12);1H;1H2/t8-,9-,10-,11-,12-,13-,14-,15-,16-,17-,18-,19-,20+,21+,22-,23-,24-,25-,26-,27+,28+,29-,30-,31-,32-,33-,34-,35-,36-,37-,38-,39-,40-,41-,42-;;;;/m1..../s1. The minimum Gasteiger partial charge on any atom is -0.481 e. The van der Waals surface area contributed by atoms with Crippen molar-refractivity contribution >= 4 is 46.7 Å². The molecule has 3 aromatic rings. The summed E-state index contributed by atoms with van der Waals surface area (Å²) in [6, 6.07) is 20.6. The van der Waals surface area contributed by atoms with Gasteiger partial charge in [0.2, 0.25) is 0 Å². The van der Waals surface area contributed by atoms with Gasteiger partial charge in [0.15, 0.2) is 49.6 Å². The maximum Gasteiger partial charge on any atom is 0.416 e. The zero-order valence-electron chi connectivity index (χ0n) is 63.1. The largest absolute Gasteiger partial charge is 0.481 e. The SMILES string of the molecule is Cl.FC(F)(F)c1cccc(C2=CCN(CCc3ccc4ccccc4c3)CC2)c1.O.O=C(O)CC(O)(CC(=O)O)C(=O)O.OC[C@H]1O[C@@H]2O[C@H]3[C@H](O)[C@@H](O)[C@@H](O[C@H]4[C@H](O)[C@@H](O)[C@@H](O[C@H]5[C@H](O)[C@@H](O)[C@@H](O[C@H]6[C@H](O)[C@@H](O)[C@@H](O[C@H]7[C@@H](O)[C@H](O)[C@@H](O[C@H]8[C@@H](O)[C@H](O)[C@@H](O[C@H]1[C@H](O)[C@H]2O)O[C@@H]8CO)O[C@@H]7CO)O[C@@H]6CO)O[C@@H]5CO)O[C@@H]4CO)O[C@@H]3CO. The molecule has 22 aliphatic heterocycles. The maximum atomic E-state index is 12.9. The predicted octanol–water partition coefficient (Wildman–Crippen LogP) is -10.7. The van der Waals surface area contributed by atoms with Crippen LogP contribution < -0.4 is 0 Å². The first-order valence-electron chi connectivity index (χ1n) is 37.3. The van der Waals surface area contributed by atoms with Gasteiger partial charge in [0.05, 0.1) is 64.7 Å². The number of rotatable bonds is 16. The van der Waals surface area contributed by atoms with Crippen LogP contribution in [0.5, 0.6) is 0 Å². The third kappa shape index (κ3) is 22.9. The highest BCUT2D eigenvalue weighted by molar-refractivity contribution is 5.88. The van der Waals surface area contributed by atoms with Gasteiger partial charge in [-0.1, -0.05) is 60.7 Å². The van der Waals surface area contributed by atoms with Gasteiger partial charge < -0.3 is 199 Å². The molecule has 0 unspecified atom stereocenters. The first-order chi connectivity index (χ1) is 55.9. The summed E-state index contributed by atoms with van der Waals surface area (Å²) in [5, 5.41) is 267. The normalized spacial score (nSPS) is 40.3. The Labute approximate surface area is 684 Å². The van der Waals surface area contributed by atoms with Gasteiger partial charge >= 0.3 is 24.1 Å². The molecule has 35 atom stereocenters. The molecule has 22 heterocycles. The van der Waals surface area contributed by atoms with Crippen molar-refractivity contribution in [2.24, 2.45) is 0 Å². The molecule has 0 radical (unpaired) electrons. The number of aliphatic hydroxyl groups excluding tert-OH is 21. The minimum atomic E-state index is -4.29. The molecule has 0 saturated carbocycles. The fourth-order valence-electron chi connectivity index (χ4n) is 14.9. The average Bonchev–Trinajstić information content (AvgIpc) is 0.782. The molecular weight excluding hydrogens is 1660 g/mol. The number of benzene rings is 3. The molecule has 682 valence electrons. The smallest absolute Gasteiger partial charge is 0.416 e. The number of ether oxygens (including phenoxy) is 14. The van der Waals surface area contributed by atoms with Crippen LogP contribution in [-0.4, -0.2) is 442 Å². The third-order valence-electron chi connectivity index (χ3n) is 21.5. The van der Waals surface area contributed by atoms with Gasteiger partial charge in [0.25, 0.3) is 0 Å². The molecule has 48 heteroatoms. The van der Waals surface area contributed by atoms with E-state index in [1.807, 2.05) is 6.07 Å². The van der Waals surface area contributed by atoms with Crippen LogP contribution in [0.4, 0.5) is 13.2 Å². The van der Waals surface area contributed by atoms with Crippen LogP contribution in [0.25, 0.3) is 16.3 Å². The second kappa shape index (κ2) is 43.7. The summed E-state index contributed by atoms with van der Waals surface area (Å²) in [6.45, 7) is -4.73. The number of carboxylic acids is 3. The number of carboxylic acid groups (broad SMARTS) is 3. The Morgan fingerprint density at radius 3 is 0.925 bits per heavy atom. The number of hydrogen-bond donors (Lipinski definition) is 25. The van der Waals surface area contributed by atoms with Gasteiger partial charge in [-0.25, -0.2) is 4.79 Å². The first kappa shape index (κ1) is 100. The summed E-state index contributed by atoms with van der Waals surface area (Å²) in [4.78, 5) is 32.8. The summed E-state index contributed by atoms with van der Waals surface area (Å²) in [7, 11) is 0. The van der Waals surface area contributed by atoms with Crippen LogP contribution in [0, 0.1) is 0 Å². The van der Waals surface area contributed by atoms with Crippen molar-refractivity contribution in [1.29, 1.82) is 0 Å². The number of alkyl halides is 3. The van der Waals surface area contributed by atoms with Crippen molar-refractivity contribution in [3.63, 3.8) is 0 Å². The van der Waals surface area contributed by atoms with Crippen molar-refractivity contribution in [2.75, 3.05) is 65.9 Å². The maximum absolute atomic E-state index is 12.9. The monoisotopic (exact) mass is 1760 g/mol. The lowest BCUT2D eigenvalue weighted by Gasteiger charge is -2.50. The molecule has 25 rings (SSSR count). The molecule has 27 N–H and O–H groups in total. The van der Waals surface area contributed by atoms with E-state index in [2.05, 4.69) is 47.4 Å². The second-order valence-corrected chi connectivity index (χ2v) is 29.4. The summed E-state index contributed by atoms with van der Waals surface area (Å²) in [5.41, 5.74) is -0.314. The first-order valence-corrected chi connectivity index (χ1v) is 37.3. The number of hydrogen-bond acceptors (Lipinski definition) is 40. The van der Waals surface area contributed by atoms with E-state index in [0.29, 0.717) is 5.56 Å². The van der Waals surface area contributed by atoms with E-state index in [4.69, 9.17) is 86.7 Å². The van der Waals surface area contributed by atoms with Crippen LogP contribution in [-0.2, 0) is 93.3 Å². The molecule has 0 aromatic heterocycles. The Bertz CT molecular complexity index is 3370. The molecule has 0 aliphatic carbocycles. The molecule has 0 amide bonds. The summed E-state index contributed by atoms with van der Waals surface area (Å²) < 4.78 is 118. The van der Waals surface area contributed by atoms with Crippen molar-refractivity contribution in [3.8, 4) is 0 Å². The zero-order chi connectivity index (χ0) is 86.3. The molecule has 3 aromatic carbocycles. The quantitative estimate of drug-likeness (QED) is 0.0633. The average molecular weight is 1760 g/mol. The highest BCUT2D eigenvalue weighted by atomic mass is 35.5. The van der Waals surface area contributed by atoms with Crippen LogP contribution in [0.2, 0.25) is 0 Å². The number of halogens is 4. The van der Waals surface area contributed by atoms with E-state index >= 15 is 0 Å². The number of nitrogens with zero attached hydrogens (tertiary/aromatic N) is 1. The Kier molecular flexibility index (Phi) is 36.4. The zero-order valence-corrected chi connectivity index (χ0v) is 64.0. The number of aliphatic hydroxyl groups is 22. The Morgan fingerprint density at radius 1 is 0.383 bits per heavy atom. The van der Waals surface area contributed by atoms with Crippen molar-refractivity contribution < 1.29 is 227 Å².